The third kappa shape index (κ3) is 6.62. The molecule has 6 rings (SSSR count). The molecule has 1 atom stereocenters. The normalized spacial score (nSPS) is 16.6. The number of ether oxygens (including phenoxy) is 2. The van der Waals surface area contributed by atoms with E-state index in [4.69, 9.17) is 9.47 Å². The molecule has 3 aromatic carbocycles. The largest absolute Gasteiger partial charge is 0.497 e. The van der Waals surface area contributed by atoms with E-state index in [2.05, 4.69) is 47.6 Å². The summed E-state index contributed by atoms with van der Waals surface area (Å²) >= 11 is 1.51. The van der Waals surface area contributed by atoms with Crippen molar-refractivity contribution in [3.8, 4) is 11.5 Å². The molecule has 7 nitrogen and oxygen atoms in total. The maximum absolute atomic E-state index is 14.2. The van der Waals surface area contributed by atoms with E-state index in [1.54, 1.807) is 22.3 Å². The number of aromatic nitrogens is 2. The van der Waals surface area contributed by atoms with Crippen LogP contribution in [0.2, 0.25) is 6.32 Å². The van der Waals surface area contributed by atoms with Crippen molar-refractivity contribution in [3.05, 3.63) is 147 Å². The molecule has 0 aliphatic carbocycles. The summed E-state index contributed by atoms with van der Waals surface area (Å²) in [4.78, 5) is 29.7. The lowest BCUT2D eigenvalue weighted by molar-refractivity contribution is 0.0729. The summed E-state index contributed by atoms with van der Waals surface area (Å²) in [6.45, 7) is 0.983. The topological polar surface area (TPSA) is 73.7 Å². The predicted octanol–water partition coefficient (Wildman–Crippen LogP) is 6.18. The van der Waals surface area contributed by atoms with Crippen LogP contribution in [0.1, 0.15) is 39.5 Å². The molecule has 2 aliphatic rings. The Bertz CT molecular complexity index is 1690. The van der Waals surface area contributed by atoms with Crippen LogP contribution in [0.5, 0.6) is 11.5 Å². The number of methoxy groups -OCH3 is 1. The lowest BCUT2D eigenvalue weighted by Crippen LogP contribution is -2.37. The molecular formula is C34H32BN3O4S. The number of benzene rings is 3. The number of carbonyl (C=O) groups excluding carboxylic acids is 1. The fourth-order valence-electron chi connectivity index (χ4n) is 5.53. The van der Waals surface area contributed by atoms with Gasteiger partial charge in [-0.15, -0.1) is 0 Å². The van der Waals surface area contributed by atoms with Crippen molar-refractivity contribution < 1.29 is 14.3 Å². The smallest absolute Gasteiger partial charge is 0.278 e. The Balaban J connectivity index is 1.42. The third-order valence-electron chi connectivity index (χ3n) is 7.80. The summed E-state index contributed by atoms with van der Waals surface area (Å²) in [6, 6.07) is 27.7. The Morgan fingerprint density at radius 1 is 0.953 bits per heavy atom. The lowest BCUT2D eigenvalue weighted by Gasteiger charge is -2.29. The van der Waals surface area contributed by atoms with Crippen molar-refractivity contribution in [1.82, 2.24) is 14.1 Å². The quantitative estimate of drug-likeness (QED) is 0.240. The Morgan fingerprint density at radius 3 is 2.44 bits per heavy atom. The van der Waals surface area contributed by atoms with Gasteiger partial charge >= 0.3 is 0 Å². The molecule has 2 aliphatic heterocycles. The number of amides is 1. The molecule has 3 heterocycles. The predicted molar refractivity (Wildman–Crippen MR) is 172 cm³/mol. The first-order valence-electron chi connectivity index (χ1n) is 14.4. The second kappa shape index (κ2) is 13.2. The fourth-order valence-corrected chi connectivity index (χ4v) is 6.64. The zero-order chi connectivity index (χ0) is 29.6. The highest BCUT2D eigenvalue weighted by atomic mass is 32.2. The van der Waals surface area contributed by atoms with Crippen LogP contribution >= 0.6 is 11.8 Å². The van der Waals surface area contributed by atoms with Gasteiger partial charge in [0.05, 0.1) is 13.3 Å². The van der Waals surface area contributed by atoms with Gasteiger partial charge in [0.1, 0.15) is 12.4 Å². The molecule has 43 heavy (non-hydrogen) atoms. The molecule has 2 bridgehead atoms. The van der Waals surface area contributed by atoms with Gasteiger partial charge in [-0.2, -0.15) is 5.10 Å². The summed E-state index contributed by atoms with van der Waals surface area (Å²) in [7, 11) is 1.62. The minimum atomic E-state index is -0.504. The maximum Gasteiger partial charge on any atom is 0.278 e. The molecule has 0 spiro atoms. The van der Waals surface area contributed by atoms with Crippen molar-refractivity contribution in [2.24, 2.45) is 0 Å². The summed E-state index contributed by atoms with van der Waals surface area (Å²) in [5.74, 6) is 0.597. The highest BCUT2D eigenvalue weighted by molar-refractivity contribution is 8.25. The average Bonchev–Trinajstić information content (AvgIpc) is 3.07. The molecule has 0 saturated heterocycles. The summed E-state index contributed by atoms with van der Waals surface area (Å²) < 4.78 is 13.0. The SMILES string of the molecule is COc1ccc(CN2CCC(c3ccccc3)C3=CC=CCB3Sn3cc(OCc4ccccc4)c(=O)c(n3)C2=O)cc1. The first-order valence-corrected chi connectivity index (χ1v) is 15.2. The highest BCUT2D eigenvalue weighted by Gasteiger charge is 2.33. The van der Waals surface area contributed by atoms with Crippen LogP contribution in [0.25, 0.3) is 0 Å². The van der Waals surface area contributed by atoms with Crippen molar-refractivity contribution in [2.75, 3.05) is 13.7 Å². The monoisotopic (exact) mass is 589 g/mol. The van der Waals surface area contributed by atoms with Gasteiger partial charge in [0, 0.05) is 13.1 Å². The van der Waals surface area contributed by atoms with Crippen LogP contribution in [0.15, 0.2) is 120 Å². The maximum atomic E-state index is 14.2. The molecular weight excluding hydrogens is 557 g/mol. The van der Waals surface area contributed by atoms with Gasteiger partial charge in [-0.25, -0.2) is 4.09 Å². The van der Waals surface area contributed by atoms with E-state index in [9.17, 15) is 9.59 Å². The average molecular weight is 590 g/mol. The lowest BCUT2D eigenvalue weighted by atomic mass is 9.56. The second-order valence-corrected chi connectivity index (χ2v) is 11.8. The number of hydrogen-bond donors (Lipinski definition) is 0. The Kier molecular flexibility index (Phi) is 8.79. The van der Waals surface area contributed by atoms with Crippen LogP contribution in [-0.4, -0.2) is 39.6 Å². The van der Waals surface area contributed by atoms with E-state index in [1.165, 1.54) is 22.8 Å². The molecule has 0 fully saturated rings. The van der Waals surface area contributed by atoms with Gasteiger partial charge in [-0.1, -0.05) is 108 Å². The highest BCUT2D eigenvalue weighted by Crippen LogP contribution is 2.37. The van der Waals surface area contributed by atoms with E-state index in [0.29, 0.717) is 19.5 Å². The number of allylic oxidation sites excluding steroid dienone is 4. The van der Waals surface area contributed by atoms with Gasteiger partial charge in [0.15, 0.2) is 5.75 Å². The molecule has 9 heteroatoms. The van der Waals surface area contributed by atoms with Crippen LogP contribution in [-0.2, 0) is 13.2 Å². The van der Waals surface area contributed by atoms with E-state index >= 15 is 0 Å². The molecule has 1 amide bonds. The molecule has 4 aromatic rings. The number of carbonyl (C=O) groups is 1. The minimum Gasteiger partial charge on any atom is -0.497 e. The van der Waals surface area contributed by atoms with Crippen molar-refractivity contribution in [2.45, 2.75) is 31.8 Å². The first kappa shape index (κ1) is 28.6. The second-order valence-electron chi connectivity index (χ2n) is 10.6. The van der Waals surface area contributed by atoms with Crippen LogP contribution in [0.3, 0.4) is 0 Å². The molecule has 0 radical (unpaired) electrons. The van der Waals surface area contributed by atoms with Crippen LogP contribution in [0, 0.1) is 0 Å². The number of nitrogens with zero attached hydrogens (tertiary/aromatic N) is 3. The van der Waals surface area contributed by atoms with E-state index < -0.39 is 11.3 Å². The fraction of sp³-hybridized carbons (Fsp3) is 0.206. The van der Waals surface area contributed by atoms with E-state index in [0.717, 1.165) is 23.2 Å². The van der Waals surface area contributed by atoms with E-state index in [-0.39, 0.29) is 30.0 Å². The van der Waals surface area contributed by atoms with Crippen molar-refractivity contribution >= 4 is 23.7 Å². The van der Waals surface area contributed by atoms with Crippen molar-refractivity contribution in [3.63, 3.8) is 0 Å². The van der Waals surface area contributed by atoms with Crippen molar-refractivity contribution in [1.29, 1.82) is 0 Å². The summed E-state index contributed by atoms with van der Waals surface area (Å²) in [5.41, 5.74) is 3.69. The molecule has 1 unspecified atom stereocenters. The summed E-state index contributed by atoms with van der Waals surface area (Å²) in [5, 5.41) is 4.60. The molecule has 216 valence electrons. The Morgan fingerprint density at radius 2 is 1.70 bits per heavy atom. The van der Waals surface area contributed by atoms with Gasteiger partial charge in [0.2, 0.25) is 5.69 Å². The minimum absolute atomic E-state index is 0.0725. The van der Waals surface area contributed by atoms with Crippen LogP contribution < -0.4 is 14.9 Å². The number of hydrogen-bond acceptors (Lipinski definition) is 6. The van der Waals surface area contributed by atoms with Gasteiger partial charge in [-0.3, -0.25) is 9.59 Å². The number of fused-ring (bicyclic) bond motifs is 3. The molecule has 0 N–H and O–H groups in total. The van der Waals surface area contributed by atoms with Gasteiger partial charge in [0.25, 0.3) is 17.3 Å². The first-order chi connectivity index (χ1) is 21.1. The van der Waals surface area contributed by atoms with Crippen LogP contribution in [0.4, 0.5) is 0 Å². The molecule has 1 aromatic heterocycles. The van der Waals surface area contributed by atoms with Gasteiger partial charge < -0.3 is 14.4 Å². The number of rotatable bonds is 7. The summed E-state index contributed by atoms with van der Waals surface area (Å²) in [6.07, 6.45) is 9.59. The Hall–Kier alpha value is -4.50. The molecule has 0 saturated carbocycles. The standard InChI is InChI=1S/C34H32BN3O4S/c1-41-28-17-15-25(16-18-28)22-37-21-19-29(27-12-6-3-7-13-27)30-14-8-9-20-35(30)43-38-23-31(33(39)32(36-38)34(37)40)42-24-26-10-4-2-5-11-26/h2-18,23,29H,19-22,24H2,1H3. The van der Waals surface area contributed by atoms with Gasteiger partial charge in [-0.05, 0) is 47.5 Å². The van der Waals surface area contributed by atoms with E-state index in [1.807, 2.05) is 60.7 Å². The Labute approximate surface area is 255 Å². The zero-order valence-electron chi connectivity index (χ0n) is 24.0. The zero-order valence-corrected chi connectivity index (χ0v) is 24.8. The third-order valence-corrected chi connectivity index (χ3v) is 8.92.